The van der Waals surface area contributed by atoms with Crippen LogP contribution < -0.4 is 14.9 Å². The minimum absolute atomic E-state index is 0.353. The van der Waals surface area contributed by atoms with Crippen LogP contribution in [-0.4, -0.2) is 46.0 Å². The van der Waals surface area contributed by atoms with Gasteiger partial charge in [0.1, 0.15) is 6.54 Å². The van der Waals surface area contributed by atoms with Crippen LogP contribution in [0.1, 0.15) is 26.3 Å². The summed E-state index contributed by atoms with van der Waals surface area (Å²) in [6.07, 6.45) is 1.41. The molecule has 0 atom stereocenters. The van der Waals surface area contributed by atoms with Gasteiger partial charge in [-0.25, -0.2) is 13.1 Å². The molecule has 2 aromatic rings. The van der Waals surface area contributed by atoms with Crippen molar-refractivity contribution in [3.05, 3.63) is 65.6 Å². The molecule has 0 saturated heterocycles. The van der Waals surface area contributed by atoms with Crippen molar-refractivity contribution in [2.24, 2.45) is 0 Å². The number of ether oxygens (including phenoxy) is 1. The van der Waals surface area contributed by atoms with Gasteiger partial charge < -0.3 is 15.0 Å². The zero-order valence-corrected chi connectivity index (χ0v) is 19.3. The number of sulfonamides is 1. The Kier molecular flexibility index (Phi) is 9.42. The summed E-state index contributed by atoms with van der Waals surface area (Å²) < 4.78 is 30.8. The molecule has 0 aromatic heterocycles. The second-order valence-electron chi connectivity index (χ2n) is 7.22. The highest BCUT2D eigenvalue weighted by atomic mass is 32.2. The molecule has 0 saturated carbocycles. The minimum Gasteiger partial charge on any atom is -0.455 e. The van der Waals surface area contributed by atoms with Gasteiger partial charge in [-0.15, -0.1) is 0 Å². The van der Waals surface area contributed by atoms with Crippen LogP contribution in [0.3, 0.4) is 0 Å². The number of carbonyl (C=O) groups excluding carboxylic acids is 2. The van der Waals surface area contributed by atoms with E-state index in [0.717, 1.165) is 17.6 Å². The molecule has 0 heterocycles. The lowest BCUT2D eigenvalue weighted by Gasteiger charge is -2.27. The molecule has 2 aromatic carbocycles. The van der Waals surface area contributed by atoms with Gasteiger partial charge >= 0.3 is 5.97 Å². The lowest BCUT2D eigenvalue weighted by molar-refractivity contribution is -0.146. The van der Waals surface area contributed by atoms with Crippen molar-refractivity contribution < 1.29 is 22.7 Å². The van der Waals surface area contributed by atoms with E-state index in [-0.39, 0.29) is 0 Å². The number of rotatable bonds is 11. The zero-order chi connectivity index (χ0) is 23.6. The highest BCUT2D eigenvalue weighted by Crippen LogP contribution is 2.19. The van der Waals surface area contributed by atoms with Crippen molar-refractivity contribution in [2.45, 2.75) is 26.8 Å². The fraction of sp³-hybridized carbons (Fsp3) is 0.304. The number of nitrogens with zero attached hydrogens (tertiary/aromatic N) is 1. The molecule has 0 unspecified atom stereocenters. The lowest BCUT2D eigenvalue weighted by atomic mass is 10.2. The van der Waals surface area contributed by atoms with Crippen LogP contribution in [0.5, 0.6) is 0 Å². The molecule has 9 heteroatoms. The van der Waals surface area contributed by atoms with E-state index < -0.39 is 35.1 Å². The van der Waals surface area contributed by atoms with Crippen LogP contribution >= 0.6 is 0 Å². The van der Waals surface area contributed by atoms with Gasteiger partial charge in [0.2, 0.25) is 10.0 Å². The van der Waals surface area contributed by atoms with Crippen LogP contribution in [0.2, 0.25) is 0 Å². The first kappa shape index (κ1) is 25.1. The summed E-state index contributed by atoms with van der Waals surface area (Å²) in [6.45, 7) is 6.05. The molecule has 172 valence electrons. The fourth-order valence-electron chi connectivity index (χ4n) is 2.92. The number of esters is 1. The van der Waals surface area contributed by atoms with Gasteiger partial charge in [0.25, 0.3) is 5.91 Å². The highest BCUT2D eigenvalue weighted by molar-refractivity contribution is 7.92. The average molecular weight is 460 g/mol. The van der Waals surface area contributed by atoms with Gasteiger partial charge in [-0.2, -0.15) is 0 Å². The topological polar surface area (TPSA) is 105 Å². The molecule has 32 heavy (non-hydrogen) atoms. The largest absolute Gasteiger partial charge is 0.455 e. The Hall–Kier alpha value is -3.17. The summed E-state index contributed by atoms with van der Waals surface area (Å²) in [5, 5.41) is 3.60. The Balaban J connectivity index is 1.76. The lowest BCUT2D eigenvalue weighted by Crippen LogP contribution is -2.31. The van der Waals surface area contributed by atoms with E-state index >= 15 is 0 Å². The third kappa shape index (κ3) is 8.52. The molecule has 0 bridgehead atoms. The second-order valence-corrected chi connectivity index (χ2v) is 8.87. The van der Waals surface area contributed by atoms with Crippen molar-refractivity contribution in [2.75, 3.05) is 29.9 Å². The maximum atomic E-state index is 12.0. The Bertz CT molecular complexity index is 1020. The zero-order valence-electron chi connectivity index (χ0n) is 18.4. The first-order valence-electron chi connectivity index (χ1n) is 10.2. The molecule has 2 N–H and O–H groups in total. The molecule has 0 aliphatic carbocycles. The predicted molar refractivity (Wildman–Crippen MR) is 127 cm³/mol. The van der Waals surface area contributed by atoms with Crippen LogP contribution in [0, 0.1) is 0 Å². The quantitative estimate of drug-likeness (QED) is 0.501. The fourth-order valence-corrected chi connectivity index (χ4v) is 3.67. The van der Waals surface area contributed by atoms with Gasteiger partial charge in [-0.1, -0.05) is 30.3 Å². The highest BCUT2D eigenvalue weighted by Gasteiger charge is 2.13. The van der Waals surface area contributed by atoms with Crippen molar-refractivity contribution in [3.8, 4) is 0 Å². The Morgan fingerprint density at radius 3 is 2.31 bits per heavy atom. The number of hydrogen-bond donors (Lipinski definition) is 2. The molecule has 0 fully saturated rings. The summed E-state index contributed by atoms with van der Waals surface area (Å²) in [5.74, 6) is -1.38. The Morgan fingerprint density at radius 1 is 1.06 bits per heavy atom. The Labute approximate surface area is 189 Å². The number of hydrogen-bond acceptors (Lipinski definition) is 6. The van der Waals surface area contributed by atoms with Gasteiger partial charge in [0.15, 0.2) is 6.61 Å². The van der Waals surface area contributed by atoms with Crippen LogP contribution in [0.15, 0.2) is 60.0 Å². The van der Waals surface area contributed by atoms with Gasteiger partial charge in [0.05, 0.1) is 0 Å². The van der Waals surface area contributed by atoms with E-state index in [1.807, 2.05) is 18.2 Å². The summed E-state index contributed by atoms with van der Waals surface area (Å²) in [5.41, 5.74) is 2.32. The van der Waals surface area contributed by atoms with Crippen molar-refractivity contribution in [3.63, 3.8) is 0 Å². The number of amides is 1. The van der Waals surface area contributed by atoms with E-state index in [2.05, 4.69) is 35.7 Å². The smallest absolute Gasteiger partial charge is 0.321 e. The minimum atomic E-state index is -3.82. The molecular weight excluding hydrogens is 430 g/mol. The molecule has 1 amide bonds. The SMILES string of the molecule is CCN(c1ccc(NC(=O)COC(=O)CNS(=O)(=O)/C=C/c2ccccc2)cc1)C(C)C. The van der Waals surface area contributed by atoms with E-state index in [4.69, 9.17) is 4.74 Å². The molecular formula is C23H29N3O5S. The number of carbonyl (C=O) groups is 2. The third-order valence-electron chi connectivity index (χ3n) is 4.47. The van der Waals surface area contributed by atoms with Gasteiger partial charge in [-0.05, 0) is 56.7 Å². The number of anilines is 2. The van der Waals surface area contributed by atoms with Crippen LogP contribution in [-0.2, 0) is 24.3 Å². The standard InChI is InChI=1S/C23H29N3O5S/c1-4-26(18(2)3)21-12-10-20(11-13-21)25-22(27)17-31-23(28)16-24-32(29,30)15-14-19-8-6-5-7-9-19/h5-15,18,24H,4,16-17H2,1-3H3,(H,25,27)/b15-14+. The van der Waals surface area contributed by atoms with Crippen molar-refractivity contribution in [1.82, 2.24) is 4.72 Å². The summed E-state index contributed by atoms with van der Waals surface area (Å²) in [6, 6.07) is 16.6. The van der Waals surface area contributed by atoms with E-state index in [1.54, 1.807) is 36.4 Å². The predicted octanol–water partition coefficient (Wildman–Crippen LogP) is 2.99. The number of nitrogens with one attached hydrogen (secondary N) is 2. The molecule has 0 spiro atoms. The molecule has 8 nitrogen and oxygen atoms in total. The first-order chi connectivity index (χ1) is 15.2. The van der Waals surface area contributed by atoms with E-state index in [0.29, 0.717) is 17.3 Å². The summed E-state index contributed by atoms with van der Waals surface area (Å²) in [4.78, 5) is 26.0. The van der Waals surface area contributed by atoms with Crippen molar-refractivity contribution in [1.29, 1.82) is 0 Å². The van der Waals surface area contributed by atoms with Crippen LogP contribution in [0.4, 0.5) is 11.4 Å². The summed E-state index contributed by atoms with van der Waals surface area (Å²) in [7, 11) is -3.82. The molecule has 0 aliphatic rings. The molecule has 2 rings (SSSR count). The molecule has 0 aliphatic heterocycles. The van der Waals surface area contributed by atoms with E-state index in [9.17, 15) is 18.0 Å². The maximum absolute atomic E-state index is 12.0. The Morgan fingerprint density at radius 2 is 1.72 bits per heavy atom. The van der Waals surface area contributed by atoms with Crippen LogP contribution in [0.25, 0.3) is 6.08 Å². The normalized spacial score (nSPS) is 11.5. The van der Waals surface area contributed by atoms with Gasteiger partial charge in [0, 0.05) is 29.4 Å². The maximum Gasteiger partial charge on any atom is 0.321 e. The average Bonchev–Trinajstić information content (AvgIpc) is 2.77. The monoisotopic (exact) mass is 459 g/mol. The van der Waals surface area contributed by atoms with Gasteiger partial charge in [-0.3, -0.25) is 9.59 Å². The summed E-state index contributed by atoms with van der Waals surface area (Å²) >= 11 is 0. The third-order valence-corrected chi connectivity index (χ3v) is 5.51. The second kappa shape index (κ2) is 12.0. The first-order valence-corrected chi connectivity index (χ1v) is 11.8. The van der Waals surface area contributed by atoms with Crippen molar-refractivity contribution >= 4 is 39.4 Å². The number of benzene rings is 2. The molecule has 0 radical (unpaired) electrons. The van der Waals surface area contributed by atoms with E-state index in [1.165, 1.54) is 6.08 Å².